The Kier molecular flexibility index (Phi) is 7.74. The molecular weight excluding hydrogens is 374 g/mol. The van der Waals surface area contributed by atoms with Gasteiger partial charge in [-0.1, -0.05) is 31.2 Å². The average Bonchev–Trinajstić information content (AvgIpc) is 2.66. The van der Waals surface area contributed by atoms with Crippen molar-refractivity contribution in [3.8, 4) is 0 Å². The number of hydrogen-bond donors (Lipinski definition) is 2. The molecule has 0 heterocycles. The fourth-order valence-corrected chi connectivity index (χ4v) is 4.03. The van der Waals surface area contributed by atoms with Gasteiger partial charge in [-0.3, -0.25) is 4.79 Å². The first-order chi connectivity index (χ1) is 13.2. The van der Waals surface area contributed by atoms with Gasteiger partial charge >= 0.3 is 0 Å². The van der Waals surface area contributed by atoms with Gasteiger partial charge < -0.3 is 10.2 Å². The molecule has 2 aromatic rings. The summed E-state index contributed by atoms with van der Waals surface area (Å²) < 4.78 is 27.2. The Balaban J connectivity index is 2.04. The first kappa shape index (κ1) is 22.1. The lowest BCUT2D eigenvalue weighted by Gasteiger charge is -2.15. The quantitative estimate of drug-likeness (QED) is 0.675. The van der Waals surface area contributed by atoms with Crippen LogP contribution < -0.4 is 10.0 Å². The van der Waals surface area contributed by atoms with E-state index in [9.17, 15) is 13.2 Å². The van der Waals surface area contributed by atoms with Crippen LogP contribution in [-0.2, 0) is 23.1 Å². The third kappa shape index (κ3) is 6.15. The van der Waals surface area contributed by atoms with Crippen LogP contribution >= 0.6 is 0 Å². The molecule has 0 aliphatic heterocycles. The maximum absolute atomic E-state index is 12.4. The van der Waals surface area contributed by atoms with Crippen molar-refractivity contribution >= 4 is 15.9 Å². The molecule has 0 aromatic heterocycles. The van der Waals surface area contributed by atoms with Crippen LogP contribution in [0.2, 0.25) is 0 Å². The lowest BCUT2D eigenvalue weighted by Crippen LogP contribution is -2.32. The Bertz CT molecular complexity index is 893. The number of amides is 1. The van der Waals surface area contributed by atoms with Crippen LogP contribution in [0.3, 0.4) is 0 Å². The highest BCUT2D eigenvalue weighted by atomic mass is 32.2. The number of carbonyl (C=O) groups excluding carboxylic acids is 1. The van der Waals surface area contributed by atoms with Gasteiger partial charge in [0.05, 0.1) is 4.90 Å². The second kappa shape index (κ2) is 9.82. The van der Waals surface area contributed by atoms with Gasteiger partial charge in [0, 0.05) is 24.7 Å². The van der Waals surface area contributed by atoms with Crippen molar-refractivity contribution < 1.29 is 13.2 Å². The van der Waals surface area contributed by atoms with E-state index in [0.717, 1.165) is 17.7 Å². The summed E-state index contributed by atoms with van der Waals surface area (Å²) in [6.45, 7) is 4.94. The Morgan fingerprint density at radius 1 is 1.04 bits per heavy atom. The minimum Gasteiger partial charge on any atom is -0.348 e. The molecule has 7 heteroatoms. The van der Waals surface area contributed by atoms with Crippen molar-refractivity contribution in [1.29, 1.82) is 0 Å². The van der Waals surface area contributed by atoms with Crippen molar-refractivity contribution in [2.24, 2.45) is 0 Å². The van der Waals surface area contributed by atoms with Crippen LogP contribution in [0.4, 0.5) is 0 Å². The summed E-state index contributed by atoms with van der Waals surface area (Å²) in [7, 11) is 0.429. The predicted octanol–water partition coefficient (Wildman–Crippen LogP) is 2.76. The van der Waals surface area contributed by atoms with E-state index < -0.39 is 10.0 Å². The number of nitrogens with one attached hydrogen (secondary N) is 2. The van der Waals surface area contributed by atoms with E-state index in [1.54, 1.807) is 0 Å². The molecular formula is C21H29N3O3S. The van der Waals surface area contributed by atoms with Crippen LogP contribution in [-0.4, -0.2) is 39.4 Å². The number of carbonyl (C=O) groups is 1. The van der Waals surface area contributed by atoms with Crippen LogP contribution in [0.1, 0.15) is 41.8 Å². The van der Waals surface area contributed by atoms with Gasteiger partial charge in [-0.25, -0.2) is 13.1 Å². The maximum Gasteiger partial charge on any atom is 0.251 e. The lowest BCUT2D eigenvalue weighted by molar-refractivity contribution is 0.0950. The molecule has 0 fully saturated rings. The average molecular weight is 404 g/mol. The van der Waals surface area contributed by atoms with Gasteiger partial charge in [-0.2, -0.15) is 0 Å². The Hall–Kier alpha value is -2.22. The fourth-order valence-electron chi connectivity index (χ4n) is 2.70. The lowest BCUT2D eigenvalue weighted by atomic mass is 10.1. The van der Waals surface area contributed by atoms with E-state index in [0.29, 0.717) is 18.5 Å². The molecule has 6 nitrogen and oxygen atoms in total. The first-order valence-corrected chi connectivity index (χ1v) is 10.8. The van der Waals surface area contributed by atoms with Crippen LogP contribution in [0, 0.1) is 0 Å². The summed E-state index contributed by atoms with van der Waals surface area (Å²) in [6.07, 6.45) is 0.703. The number of nitrogens with zero attached hydrogens (tertiary/aromatic N) is 1. The van der Waals surface area contributed by atoms with Crippen molar-refractivity contribution in [1.82, 2.24) is 14.9 Å². The molecule has 28 heavy (non-hydrogen) atoms. The van der Waals surface area contributed by atoms with E-state index >= 15 is 0 Å². The highest BCUT2D eigenvalue weighted by molar-refractivity contribution is 7.89. The monoisotopic (exact) mass is 403 g/mol. The summed E-state index contributed by atoms with van der Waals surface area (Å²) in [5, 5.41) is 2.91. The molecule has 0 aliphatic rings. The normalized spacial score (nSPS) is 12.8. The molecule has 0 radical (unpaired) electrons. The van der Waals surface area contributed by atoms with Crippen molar-refractivity contribution in [3.63, 3.8) is 0 Å². The molecule has 2 rings (SSSR count). The number of benzene rings is 2. The molecule has 0 saturated heterocycles. The molecule has 2 aromatic carbocycles. The molecule has 0 aliphatic carbocycles. The zero-order valence-electron chi connectivity index (χ0n) is 16.9. The first-order valence-electron chi connectivity index (χ1n) is 9.35. The second-order valence-corrected chi connectivity index (χ2v) is 8.86. The van der Waals surface area contributed by atoms with Crippen LogP contribution in [0.5, 0.6) is 0 Å². The summed E-state index contributed by atoms with van der Waals surface area (Å²) in [6, 6.07) is 13.8. The second-order valence-electron chi connectivity index (χ2n) is 7.14. The third-order valence-corrected chi connectivity index (χ3v) is 6.05. The number of hydrogen-bond acceptors (Lipinski definition) is 4. The fraction of sp³-hybridized carbons (Fsp3) is 0.381. The third-order valence-electron chi connectivity index (χ3n) is 4.44. The van der Waals surface area contributed by atoms with Gasteiger partial charge in [0.25, 0.3) is 5.91 Å². The summed E-state index contributed by atoms with van der Waals surface area (Å²) in [5.41, 5.74) is 2.64. The smallest absolute Gasteiger partial charge is 0.251 e. The molecule has 1 atom stereocenters. The largest absolute Gasteiger partial charge is 0.348 e. The minimum absolute atomic E-state index is 0.143. The standard InChI is InChI=1S/C21H29N3O3S/c1-5-16(2)23-28(26,27)20-12-10-17(11-13-20)21(25)22-14-18-8-6-7-9-19(18)15-24(3)4/h6-13,16,23H,5,14-15H2,1-4H3,(H,22,25)/t16-/m1/s1. The van der Waals surface area contributed by atoms with E-state index in [-0.39, 0.29) is 16.8 Å². The minimum atomic E-state index is -3.57. The highest BCUT2D eigenvalue weighted by Crippen LogP contribution is 2.13. The molecule has 0 unspecified atom stereocenters. The van der Waals surface area contributed by atoms with Crippen LogP contribution in [0.15, 0.2) is 53.4 Å². The number of sulfonamides is 1. The van der Waals surface area contributed by atoms with Gasteiger partial charge in [0.15, 0.2) is 0 Å². The molecule has 152 valence electrons. The SMILES string of the molecule is CC[C@@H](C)NS(=O)(=O)c1ccc(C(=O)NCc2ccccc2CN(C)C)cc1. The van der Waals surface area contributed by atoms with Crippen molar-refractivity contribution in [2.45, 2.75) is 44.3 Å². The predicted molar refractivity (Wildman–Crippen MR) is 112 cm³/mol. The Morgan fingerprint density at radius 3 is 2.21 bits per heavy atom. The Labute approximate surface area is 168 Å². The van der Waals surface area contributed by atoms with Crippen LogP contribution in [0.25, 0.3) is 0 Å². The van der Waals surface area contributed by atoms with Crippen molar-refractivity contribution in [2.75, 3.05) is 14.1 Å². The summed E-state index contributed by atoms with van der Waals surface area (Å²) in [4.78, 5) is 14.7. The topological polar surface area (TPSA) is 78.5 Å². The van der Waals surface area contributed by atoms with Crippen molar-refractivity contribution in [3.05, 3.63) is 65.2 Å². The highest BCUT2D eigenvalue weighted by Gasteiger charge is 2.17. The summed E-state index contributed by atoms with van der Waals surface area (Å²) >= 11 is 0. The molecule has 0 spiro atoms. The van der Waals surface area contributed by atoms with E-state index in [4.69, 9.17) is 0 Å². The van der Waals surface area contributed by atoms with Gasteiger partial charge in [-0.15, -0.1) is 0 Å². The molecule has 2 N–H and O–H groups in total. The number of rotatable bonds is 9. The van der Waals surface area contributed by atoms with E-state index in [2.05, 4.69) is 14.9 Å². The van der Waals surface area contributed by atoms with Gasteiger partial charge in [0.2, 0.25) is 10.0 Å². The zero-order valence-corrected chi connectivity index (χ0v) is 17.7. The Morgan fingerprint density at radius 2 is 1.64 bits per heavy atom. The molecule has 0 saturated carbocycles. The molecule has 1 amide bonds. The van der Waals surface area contributed by atoms with Gasteiger partial charge in [-0.05, 0) is 62.8 Å². The molecule has 0 bridgehead atoms. The van der Waals surface area contributed by atoms with E-state index in [1.807, 2.05) is 52.2 Å². The van der Waals surface area contributed by atoms with E-state index in [1.165, 1.54) is 24.3 Å². The maximum atomic E-state index is 12.4. The van der Waals surface area contributed by atoms with Gasteiger partial charge in [0.1, 0.15) is 0 Å². The zero-order chi connectivity index (χ0) is 20.7. The summed E-state index contributed by atoms with van der Waals surface area (Å²) in [5.74, 6) is -0.238.